The molecule has 136 valence electrons. The molecule has 26 heavy (non-hydrogen) atoms. The van der Waals surface area contributed by atoms with Crippen LogP contribution in [0.5, 0.6) is 0 Å². The van der Waals surface area contributed by atoms with E-state index in [9.17, 15) is 22.0 Å². The van der Waals surface area contributed by atoms with E-state index >= 15 is 0 Å². The average Bonchev–Trinajstić information content (AvgIpc) is 2.89. The topological polar surface area (TPSA) is 95.3 Å². The first kappa shape index (κ1) is 19.0. The Morgan fingerprint density at radius 1 is 1.04 bits per heavy atom. The second-order valence-corrected chi connectivity index (χ2v) is 8.34. The first-order chi connectivity index (χ1) is 12.1. The summed E-state index contributed by atoms with van der Waals surface area (Å²) in [6.07, 6.45) is 1.02. The summed E-state index contributed by atoms with van der Waals surface area (Å²) < 4.78 is 58.1. The summed E-state index contributed by atoms with van der Waals surface area (Å²) in [4.78, 5) is 10.8. The van der Waals surface area contributed by atoms with Crippen LogP contribution in [-0.4, -0.2) is 13.0 Å². The molecule has 0 aliphatic carbocycles. The maximum Gasteiger partial charge on any atom is 0.424 e. The molecule has 0 fully saturated rings. The molecule has 0 saturated heterocycles. The van der Waals surface area contributed by atoms with Crippen molar-refractivity contribution in [1.29, 1.82) is 0 Å². The number of oxazole rings is 1. The molecule has 2 aromatic carbocycles. The number of hydrogen-bond acceptors (Lipinski definition) is 4. The lowest BCUT2D eigenvalue weighted by molar-refractivity contribution is 0.504. The second kappa shape index (κ2) is 6.72. The van der Waals surface area contributed by atoms with E-state index in [0.717, 1.165) is 27.4 Å². The van der Waals surface area contributed by atoms with Gasteiger partial charge in [-0.2, -0.15) is 0 Å². The molecular formula is C15H8Br2F2N2O4S. The lowest BCUT2D eigenvalue weighted by Crippen LogP contribution is -2.17. The smallest absolute Gasteiger partial charge is 0.415 e. The molecule has 11 heteroatoms. The van der Waals surface area contributed by atoms with Gasteiger partial charge in [-0.05, 0) is 62.2 Å². The van der Waals surface area contributed by atoms with Crippen molar-refractivity contribution in [3.05, 3.63) is 67.7 Å². The number of rotatable bonds is 3. The molecule has 2 N–H and O–H groups in total. The third kappa shape index (κ3) is 3.39. The Kier molecular flexibility index (Phi) is 4.90. The number of hydrogen-bond donors (Lipinski definition) is 1. The van der Waals surface area contributed by atoms with Crippen molar-refractivity contribution >= 4 is 41.9 Å². The predicted octanol–water partition coefficient (Wildman–Crippen LogP) is 3.55. The first-order valence-electron chi connectivity index (χ1n) is 6.78. The maximum absolute atomic E-state index is 14.1. The third-order valence-electron chi connectivity index (χ3n) is 3.43. The summed E-state index contributed by atoms with van der Waals surface area (Å²) in [5.41, 5.74) is 0.297. The molecule has 0 atom stereocenters. The molecular weight excluding hydrogens is 502 g/mol. The molecule has 0 amide bonds. The molecule has 0 spiro atoms. The standard InChI is InChI=1S/C15H8Br2F2N2O4S/c16-9-2-1-8(5-10(9)17)21-13(6-25-15(21)22)7-3-11(18)14(12(19)4-7)26(20,23)24/h1-6H,(H2,20,23,24). The summed E-state index contributed by atoms with van der Waals surface area (Å²) in [7, 11) is -4.58. The van der Waals surface area contributed by atoms with Gasteiger partial charge >= 0.3 is 5.76 Å². The van der Waals surface area contributed by atoms with Gasteiger partial charge in [0.25, 0.3) is 0 Å². The highest BCUT2D eigenvalue weighted by atomic mass is 79.9. The Morgan fingerprint density at radius 2 is 1.65 bits per heavy atom. The zero-order chi connectivity index (χ0) is 19.2. The molecule has 0 aliphatic heterocycles. The van der Waals surface area contributed by atoms with Gasteiger partial charge in [-0.3, -0.25) is 0 Å². The Labute approximate surface area is 162 Å². The van der Waals surface area contributed by atoms with Crippen LogP contribution in [0.25, 0.3) is 16.9 Å². The number of sulfonamides is 1. The van der Waals surface area contributed by atoms with Crippen molar-refractivity contribution in [1.82, 2.24) is 4.57 Å². The highest BCUT2D eigenvalue weighted by molar-refractivity contribution is 9.13. The van der Waals surface area contributed by atoms with Gasteiger partial charge in [0, 0.05) is 14.5 Å². The van der Waals surface area contributed by atoms with Crippen molar-refractivity contribution in [3.63, 3.8) is 0 Å². The Hall–Kier alpha value is -1.82. The molecule has 0 radical (unpaired) electrons. The van der Waals surface area contributed by atoms with Crippen LogP contribution in [0, 0.1) is 11.6 Å². The van der Waals surface area contributed by atoms with E-state index in [0.29, 0.717) is 10.2 Å². The van der Waals surface area contributed by atoms with Crippen LogP contribution in [0.4, 0.5) is 8.78 Å². The number of primary sulfonamides is 1. The van der Waals surface area contributed by atoms with Gasteiger partial charge in [0.15, 0.2) is 4.90 Å². The number of halogens is 4. The molecule has 1 aromatic heterocycles. The lowest BCUT2D eigenvalue weighted by atomic mass is 10.1. The molecule has 0 bridgehead atoms. The summed E-state index contributed by atoms with van der Waals surface area (Å²) >= 11 is 6.59. The summed E-state index contributed by atoms with van der Waals surface area (Å²) in [5, 5.41) is 4.81. The summed E-state index contributed by atoms with van der Waals surface area (Å²) in [6, 6.07) is 6.36. The van der Waals surface area contributed by atoms with Crippen molar-refractivity contribution in [2.75, 3.05) is 0 Å². The van der Waals surface area contributed by atoms with Crippen LogP contribution in [0.3, 0.4) is 0 Å². The Bertz CT molecular complexity index is 1170. The fourth-order valence-corrected chi connectivity index (χ4v) is 3.63. The van der Waals surface area contributed by atoms with Gasteiger partial charge in [-0.1, -0.05) is 0 Å². The summed E-state index contributed by atoms with van der Waals surface area (Å²) in [5.74, 6) is -3.54. The van der Waals surface area contributed by atoms with E-state index in [1.54, 1.807) is 18.2 Å². The predicted molar refractivity (Wildman–Crippen MR) is 96.4 cm³/mol. The van der Waals surface area contributed by atoms with Crippen LogP contribution in [0.1, 0.15) is 0 Å². The number of nitrogens with zero attached hydrogens (tertiary/aromatic N) is 1. The van der Waals surface area contributed by atoms with E-state index in [-0.39, 0.29) is 11.3 Å². The highest BCUT2D eigenvalue weighted by Crippen LogP contribution is 2.30. The molecule has 0 unspecified atom stereocenters. The van der Waals surface area contributed by atoms with Crippen molar-refractivity contribution < 1.29 is 21.6 Å². The lowest BCUT2D eigenvalue weighted by Gasteiger charge is -2.09. The van der Waals surface area contributed by atoms with E-state index in [4.69, 9.17) is 9.56 Å². The minimum Gasteiger partial charge on any atom is -0.415 e. The van der Waals surface area contributed by atoms with Gasteiger partial charge in [0.2, 0.25) is 10.0 Å². The van der Waals surface area contributed by atoms with E-state index < -0.39 is 32.3 Å². The van der Waals surface area contributed by atoms with Crippen LogP contribution in [-0.2, 0) is 10.0 Å². The summed E-state index contributed by atoms with van der Waals surface area (Å²) in [6.45, 7) is 0. The quantitative estimate of drug-likeness (QED) is 0.584. The minimum atomic E-state index is -4.58. The van der Waals surface area contributed by atoms with Gasteiger partial charge in [-0.15, -0.1) is 0 Å². The minimum absolute atomic E-state index is 0.0305. The molecule has 0 saturated carbocycles. The first-order valence-corrected chi connectivity index (χ1v) is 9.91. The van der Waals surface area contributed by atoms with E-state index in [2.05, 4.69) is 31.9 Å². The maximum atomic E-state index is 14.1. The largest absolute Gasteiger partial charge is 0.424 e. The van der Waals surface area contributed by atoms with Gasteiger partial charge < -0.3 is 4.42 Å². The normalized spacial score (nSPS) is 11.7. The Balaban J connectivity index is 2.24. The SMILES string of the molecule is NS(=O)(=O)c1c(F)cc(-c2coc(=O)n2-c2ccc(Br)c(Br)c2)cc1F. The number of benzene rings is 2. The monoisotopic (exact) mass is 508 g/mol. The van der Waals surface area contributed by atoms with Gasteiger partial charge in [0.1, 0.15) is 17.9 Å². The Morgan fingerprint density at radius 3 is 2.19 bits per heavy atom. The van der Waals surface area contributed by atoms with Crippen molar-refractivity contribution in [3.8, 4) is 16.9 Å². The van der Waals surface area contributed by atoms with Crippen LogP contribution in [0.2, 0.25) is 0 Å². The van der Waals surface area contributed by atoms with E-state index in [1.165, 1.54) is 0 Å². The molecule has 3 rings (SSSR count). The zero-order valence-electron chi connectivity index (χ0n) is 12.5. The highest BCUT2D eigenvalue weighted by Gasteiger charge is 2.23. The zero-order valence-corrected chi connectivity index (χ0v) is 16.5. The van der Waals surface area contributed by atoms with Crippen molar-refractivity contribution in [2.45, 2.75) is 4.90 Å². The molecule has 6 nitrogen and oxygen atoms in total. The van der Waals surface area contributed by atoms with Crippen molar-refractivity contribution in [2.24, 2.45) is 5.14 Å². The molecule has 3 aromatic rings. The van der Waals surface area contributed by atoms with Crippen LogP contribution in [0.15, 0.2) is 59.6 Å². The third-order valence-corrected chi connectivity index (χ3v) is 6.27. The second-order valence-electron chi connectivity index (χ2n) is 5.13. The number of nitrogens with two attached hydrogens (primary N) is 1. The van der Waals surface area contributed by atoms with Crippen LogP contribution >= 0.6 is 31.9 Å². The average molecular weight is 510 g/mol. The molecule has 1 heterocycles. The van der Waals surface area contributed by atoms with E-state index in [1.807, 2.05) is 0 Å². The fraction of sp³-hybridized carbons (Fsp3) is 0. The van der Waals surface area contributed by atoms with Crippen LogP contribution < -0.4 is 10.9 Å². The van der Waals surface area contributed by atoms with Gasteiger partial charge in [0.05, 0.1) is 11.4 Å². The number of aromatic nitrogens is 1. The van der Waals surface area contributed by atoms with Gasteiger partial charge in [-0.25, -0.2) is 31.7 Å². The molecule has 0 aliphatic rings. The fourth-order valence-electron chi connectivity index (χ4n) is 2.36.